The number of rotatable bonds is 0. The van der Waals surface area contributed by atoms with E-state index in [9.17, 15) is 0 Å². The highest BCUT2D eigenvalue weighted by atomic mass is 13.4. The molecule has 0 aromatic rings. The second kappa shape index (κ2) is 309. The van der Waals surface area contributed by atoms with Crippen LogP contribution in [-0.4, -0.2) is 0 Å². The first-order chi connectivity index (χ1) is 8.49. The molecule has 0 unspecified atom stereocenters. The quantitative estimate of drug-likeness (QED) is 0.402. The molecule has 0 heteroatoms. The van der Waals surface area contributed by atoms with E-state index in [0.29, 0.717) is 0 Å². The van der Waals surface area contributed by atoms with Gasteiger partial charge in [-0.15, -0.1) is 0 Å². The van der Waals surface area contributed by atoms with Crippen LogP contribution in [0.15, 0.2) is 0 Å². The van der Waals surface area contributed by atoms with Crippen molar-refractivity contribution >= 4 is 0 Å². The summed E-state index contributed by atoms with van der Waals surface area (Å²) < 4.78 is 0. The summed E-state index contributed by atoms with van der Waals surface area (Å²) >= 11 is 0. The first-order valence-corrected chi connectivity index (χ1v) is 8.49. The SMILES string of the molecule is C.C.C.C.C.C.CCC.CCC.CCC.CCC.CCC.CCC. The van der Waals surface area contributed by atoms with Crippen LogP contribution in [0, 0.1) is 0 Å². The van der Waals surface area contributed by atoms with Gasteiger partial charge < -0.3 is 0 Å². The molecule has 0 aromatic carbocycles. The smallest absolute Gasteiger partial charge is 0.0590 e. The van der Waals surface area contributed by atoms with Gasteiger partial charge in [-0.3, -0.25) is 0 Å². The lowest BCUT2D eigenvalue weighted by molar-refractivity contribution is 1.09. The molecular formula is C24H72. The van der Waals surface area contributed by atoms with Crippen LogP contribution >= 0.6 is 0 Å². The van der Waals surface area contributed by atoms with Gasteiger partial charge in [0.1, 0.15) is 0 Å². The zero-order valence-corrected chi connectivity index (χ0v) is 16.2. The van der Waals surface area contributed by atoms with E-state index in [0.717, 1.165) is 0 Å². The van der Waals surface area contributed by atoms with Crippen LogP contribution in [0.2, 0.25) is 0 Å². The third-order valence-electron chi connectivity index (χ3n) is 0. The first kappa shape index (κ1) is 88.2. The largest absolute Gasteiger partial charge is 0.0776 e. The standard InChI is InChI=1S/6C3H8.6CH4/c6*1-3-2;;;;;;/h6*3H2,1-2H3;6*1H4. The zero-order valence-electron chi connectivity index (χ0n) is 16.2. The van der Waals surface area contributed by atoms with E-state index in [-0.39, 0.29) is 44.6 Å². The summed E-state index contributed by atoms with van der Waals surface area (Å²) in [5.41, 5.74) is 0. The molecule has 0 saturated heterocycles. The molecule has 0 fully saturated rings. The predicted octanol–water partition coefficient (Wildman–Crippen LogP) is 12.3. The molecule has 0 atom stereocenters. The maximum atomic E-state index is 2.12. The fourth-order valence-electron chi connectivity index (χ4n) is 0. The van der Waals surface area contributed by atoms with Gasteiger partial charge in [-0.05, 0) is 0 Å². The van der Waals surface area contributed by atoms with Crippen molar-refractivity contribution < 1.29 is 0 Å². The van der Waals surface area contributed by atoms with Gasteiger partial charge in [-0.25, -0.2) is 0 Å². The molecule has 0 aliphatic rings. The Kier molecular flexibility index (Phi) is 1140. The van der Waals surface area contributed by atoms with E-state index >= 15 is 0 Å². The Morgan fingerprint density at radius 3 is 0.208 bits per heavy atom. The molecule has 0 N–H and O–H groups in total. The highest BCUT2D eigenvalue weighted by Crippen LogP contribution is 1.57. The molecule has 0 aliphatic heterocycles. The minimum Gasteiger partial charge on any atom is -0.0776 e. The monoisotopic (exact) mass is 361 g/mol. The zero-order chi connectivity index (χ0) is 16.2. The van der Waals surface area contributed by atoms with Crippen LogP contribution in [0.25, 0.3) is 0 Å². The third-order valence-corrected chi connectivity index (χ3v) is 0. The minimum absolute atomic E-state index is 0. The second-order valence-electron chi connectivity index (χ2n) is 4.24. The molecule has 0 aromatic heterocycles. The molecule has 0 spiro atoms. The van der Waals surface area contributed by atoms with Crippen molar-refractivity contribution in [2.24, 2.45) is 0 Å². The Morgan fingerprint density at radius 1 is 0.208 bits per heavy atom. The summed E-state index contributed by atoms with van der Waals surface area (Å²) in [6.45, 7) is 25.5. The molecular weight excluding hydrogens is 288 g/mol. The van der Waals surface area contributed by atoms with Gasteiger partial charge in [-0.2, -0.15) is 0 Å². The molecule has 0 nitrogen and oxygen atoms in total. The van der Waals surface area contributed by atoms with Gasteiger partial charge in [-0.1, -0.05) is 166 Å². The van der Waals surface area contributed by atoms with Crippen molar-refractivity contribution in [1.29, 1.82) is 0 Å². The molecule has 0 radical (unpaired) electrons. The third kappa shape index (κ3) is 0. The van der Waals surface area contributed by atoms with Gasteiger partial charge in [0.05, 0.1) is 0 Å². The summed E-state index contributed by atoms with van der Waals surface area (Å²) in [6, 6.07) is 0. The van der Waals surface area contributed by atoms with E-state index < -0.39 is 0 Å². The number of hydrogen-bond acceptors (Lipinski definition) is 0. The van der Waals surface area contributed by atoms with Gasteiger partial charge in [0.25, 0.3) is 0 Å². The summed E-state index contributed by atoms with van der Waals surface area (Å²) in [5, 5.41) is 0. The van der Waals surface area contributed by atoms with Crippen molar-refractivity contribution in [3.63, 3.8) is 0 Å². The average Bonchev–Trinajstić information content (AvgIpc) is 2.23. The Balaban J connectivity index is -0.00000000686. The molecule has 168 valence electrons. The van der Waals surface area contributed by atoms with Crippen molar-refractivity contribution in [2.75, 3.05) is 0 Å². The summed E-state index contributed by atoms with van der Waals surface area (Å²) in [4.78, 5) is 0. The van der Waals surface area contributed by atoms with Crippen molar-refractivity contribution in [2.45, 2.75) is 166 Å². The van der Waals surface area contributed by atoms with Gasteiger partial charge in [0.15, 0.2) is 0 Å². The molecule has 0 rings (SSSR count). The summed E-state index contributed by atoms with van der Waals surface area (Å²) in [6.07, 6.45) is 7.50. The fourth-order valence-corrected chi connectivity index (χ4v) is 0. The average molecular weight is 361 g/mol. The van der Waals surface area contributed by atoms with Gasteiger partial charge in [0, 0.05) is 0 Å². The van der Waals surface area contributed by atoms with Crippen molar-refractivity contribution in [3.8, 4) is 0 Å². The van der Waals surface area contributed by atoms with Crippen LogP contribution in [0.5, 0.6) is 0 Å². The van der Waals surface area contributed by atoms with E-state index in [1.165, 1.54) is 38.5 Å². The fraction of sp³-hybridized carbons (Fsp3) is 1.00. The maximum absolute atomic E-state index is 2.12. The Morgan fingerprint density at radius 2 is 0.208 bits per heavy atom. The topological polar surface area (TPSA) is 0 Å². The van der Waals surface area contributed by atoms with E-state index in [1.54, 1.807) is 0 Å². The predicted molar refractivity (Wildman–Crippen MR) is 136 cm³/mol. The molecule has 0 amide bonds. The lowest BCUT2D eigenvalue weighted by Crippen LogP contribution is -1.27. The highest BCUT2D eigenvalue weighted by molar-refractivity contribution is 3.93. The van der Waals surface area contributed by atoms with Gasteiger partial charge in [0.2, 0.25) is 0 Å². The van der Waals surface area contributed by atoms with Crippen LogP contribution in [0.3, 0.4) is 0 Å². The normalized spacial score (nSPS) is 4.50. The van der Waals surface area contributed by atoms with E-state index in [2.05, 4.69) is 83.1 Å². The Hall–Kier alpha value is 0. The van der Waals surface area contributed by atoms with Crippen LogP contribution in [0.4, 0.5) is 0 Å². The van der Waals surface area contributed by atoms with Crippen LogP contribution < -0.4 is 0 Å². The van der Waals surface area contributed by atoms with Crippen LogP contribution in [0.1, 0.15) is 166 Å². The Labute approximate surface area is 166 Å². The summed E-state index contributed by atoms with van der Waals surface area (Å²) in [7, 11) is 0. The Bertz CT molecular complexity index is 15.5. The summed E-state index contributed by atoms with van der Waals surface area (Å²) in [5.74, 6) is 0. The van der Waals surface area contributed by atoms with Crippen molar-refractivity contribution in [1.82, 2.24) is 0 Å². The second-order valence-corrected chi connectivity index (χ2v) is 4.24. The lowest BCUT2D eigenvalue weighted by Gasteiger charge is -1.48. The molecule has 24 heavy (non-hydrogen) atoms. The molecule has 0 heterocycles. The first-order valence-electron chi connectivity index (χ1n) is 8.49. The molecule has 0 aliphatic carbocycles. The molecule has 0 bridgehead atoms. The number of hydrogen-bond donors (Lipinski definition) is 0. The maximum Gasteiger partial charge on any atom is -0.0590 e. The minimum atomic E-state index is 0. The van der Waals surface area contributed by atoms with Crippen LogP contribution in [-0.2, 0) is 0 Å². The van der Waals surface area contributed by atoms with E-state index in [1.807, 2.05) is 0 Å². The lowest BCUT2D eigenvalue weighted by atomic mass is 10.6. The van der Waals surface area contributed by atoms with Gasteiger partial charge >= 0.3 is 0 Å². The highest BCUT2D eigenvalue weighted by Gasteiger charge is 1.37. The van der Waals surface area contributed by atoms with E-state index in [4.69, 9.17) is 0 Å². The molecule has 0 saturated carbocycles. The van der Waals surface area contributed by atoms with Crippen molar-refractivity contribution in [3.05, 3.63) is 0 Å².